The number of hydrogen-bond acceptors (Lipinski definition) is 2. The topological polar surface area (TPSA) is 21.3 Å². The molecule has 0 aromatic carbocycles. The van der Waals surface area contributed by atoms with E-state index < -0.39 is 0 Å². The lowest BCUT2D eigenvalue weighted by Gasteiger charge is -2.24. The van der Waals surface area contributed by atoms with Crippen LogP contribution in [0.5, 0.6) is 0 Å². The van der Waals surface area contributed by atoms with Crippen molar-refractivity contribution in [1.82, 2.24) is 5.32 Å². The Morgan fingerprint density at radius 1 is 1.12 bits per heavy atom. The molecule has 0 radical (unpaired) electrons. The maximum absolute atomic E-state index is 5.96. The summed E-state index contributed by atoms with van der Waals surface area (Å²) in [6, 6.07) is 0. The van der Waals surface area contributed by atoms with E-state index in [9.17, 15) is 0 Å². The van der Waals surface area contributed by atoms with Crippen molar-refractivity contribution in [3.63, 3.8) is 0 Å². The number of rotatable bonds is 9. The first-order valence-corrected chi connectivity index (χ1v) is 7.65. The van der Waals surface area contributed by atoms with E-state index in [0.717, 1.165) is 12.5 Å². The third kappa shape index (κ3) is 7.77. The molecule has 1 heterocycles. The SMILES string of the molecule is CCCCCCCC(C)OCC1CCNCC1. The molecule has 1 rings (SSSR count). The second-order valence-corrected chi connectivity index (χ2v) is 5.54. The van der Waals surface area contributed by atoms with Gasteiger partial charge in [-0.25, -0.2) is 0 Å². The van der Waals surface area contributed by atoms with Gasteiger partial charge in [0, 0.05) is 6.61 Å². The van der Waals surface area contributed by atoms with Crippen molar-refractivity contribution in [2.45, 2.75) is 71.3 Å². The number of ether oxygens (including phenoxy) is 1. The minimum atomic E-state index is 0.464. The minimum absolute atomic E-state index is 0.464. The summed E-state index contributed by atoms with van der Waals surface area (Å²) in [5.41, 5.74) is 0. The van der Waals surface area contributed by atoms with Crippen LogP contribution in [0.15, 0.2) is 0 Å². The van der Waals surface area contributed by atoms with Crippen molar-refractivity contribution in [3.05, 3.63) is 0 Å². The lowest BCUT2D eigenvalue weighted by Crippen LogP contribution is -2.30. The average Bonchev–Trinajstić information content (AvgIpc) is 2.37. The van der Waals surface area contributed by atoms with Gasteiger partial charge in [0.05, 0.1) is 6.10 Å². The normalized spacial score (nSPS) is 19.4. The largest absolute Gasteiger partial charge is 0.378 e. The van der Waals surface area contributed by atoms with Crippen LogP contribution in [-0.2, 0) is 4.74 Å². The summed E-state index contributed by atoms with van der Waals surface area (Å²) in [6.07, 6.45) is 11.2. The van der Waals surface area contributed by atoms with Gasteiger partial charge in [-0.3, -0.25) is 0 Å². The maximum Gasteiger partial charge on any atom is 0.0547 e. The fourth-order valence-electron chi connectivity index (χ4n) is 2.47. The molecule has 1 unspecified atom stereocenters. The number of nitrogens with one attached hydrogen (secondary N) is 1. The monoisotopic (exact) mass is 241 g/mol. The summed E-state index contributed by atoms with van der Waals surface area (Å²) >= 11 is 0. The molecule has 0 amide bonds. The Labute approximate surface area is 108 Å². The molecule has 1 aliphatic rings. The summed E-state index contributed by atoms with van der Waals surface area (Å²) in [7, 11) is 0. The first-order valence-electron chi connectivity index (χ1n) is 7.65. The van der Waals surface area contributed by atoms with Gasteiger partial charge in [-0.1, -0.05) is 39.0 Å². The van der Waals surface area contributed by atoms with Gasteiger partial charge in [-0.15, -0.1) is 0 Å². The van der Waals surface area contributed by atoms with Crippen LogP contribution in [0.2, 0.25) is 0 Å². The van der Waals surface area contributed by atoms with Crippen LogP contribution in [0, 0.1) is 5.92 Å². The quantitative estimate of drug-likeness (QED) is 0.621. The standard InChI is InChI=1S/C15H31NO/c1-3-4-5-6-7-8-14(2)17-13-15-9-11-16-12-10-15/h14-16H,3-13H2,1-2H3. The van der Waals surface area contributed by atoms with Crippen LogP contribution in [0.25, 0.3) is 0 Å². The van der Waals surface area contributed by atoms with Crippen molar-refractivity contribution in [1.29, 1.82) is 0 Å². The molecule has 0 spiro atoms. The average molecular weight is 241 g/mol. The van der Waals surface area contributed by atoms with E-state index in [1.165, 1.54) is 64.5 Å². The molecule has 17 heavy (non-hydrogen) atoms. The Hall–Kier alpha value is -0.0800. The molecule has 0 aliphatic carbocycles. The van der Waals surface area contributed by atoms with Gasteiger partial charge in [0.25, 0.3) is 0 Å². The van der Waals surface area contributed by atoms with Crippen molar-refractivity contribution in [3.8, 4) is 0 Å². The van der Waals surface area contributed by atoms with E-state index >= 15 is 0 Å². The molecule has 102 valence electrons. The minimum Gasteiger partial charge on any atom is -0.378 e. The number of piperidine rings is 1. The molecular formula is C15H31NO. The van der Waals surface area contributed by atoms with Gasteiger partial charge >= 0.3 is 0 Å². The first kappa shape index (κ1) is 15.0. The second kappa shape index (κ2) is 9.90. The zero-order valence-corrected chi connectivity index (χ0v) is 11.8. The highest BCUT2D eigenvalue weighted by molar-refractivity contribution is 4.68. The highest BCUT2D eigenvalue weighted by Gasteiger charge is 2.14. The van der Waals surface area contributed by atoms with E-state index in [1.807, 2.05) is 0 Å². The lowest BCUT2D eigenvalue weighted by atomic mass is 9.99. The van der Waals surface area contributed by atoms with Gasteiger partial charge in [-0.05, 0) is 45.2 Å². The molecule has 0 bridgehead atoms. The van der Waals surface area contributed by atoms with Gasteiger partial charge in [0.1, 0.15) is 0 Å². The predicted octanol–water partition coefficient (Wildman–Crippen LogP) is 3.75. The van der Waals surface area contributed by atoms with E-state index in [-0.39, 0.29) is 0 Å². The van der Waals surface area contributed by atoms with Crippen molar-refractivity contribution in [2.75, 3.05) is 19.7 Å². The van der Waals surface area contributed by atoms with Crippen molar-refractivity contribution < 1.29 is 4.74 Å². The molecule has 1 N–H and O–H groups in total. The molecule has 2 heteroatoms. The highest BCUT2D eigenvalue weighted by Crippen LogP contribution is 2.15. The Morgan fingerprint density at radius 3 is 2.53 bits per heavy atom. The van der Waals surface area contributed by atoms with Gasteiger partial charge in [-0.2, -0.15) is 0 Å². The van der Waals surface area contributed by atoms with Crippen LogP contribution in [0.4, 0.5) is 0 Å². The van der Waals surface area contributed by atoms with Crippen LogP contribution in [0.3, 0.4) is 0 Å². The molecule has 0 aromatic heterocycles. The zero-order chi connectivity index (χ0) is 12.3. The van der Waals surface area contributed by atoms with Crippen LogP contribution >= 0.6 is 0 Å². The summed E-state index contributed by atoms with van der Waals surface area (Å²) in [5.74, 6) is 0.804. The van der Waals surface area contributed by atoms with Crippen molar-refractivity contribution in [2.24, 2.45) is 5.92 Å². The fraction of sp³-hybridized carbons (Fsp3) is 1.00. The lowest BCUT2D eigenvalue weighted by molar-refractivity contribution is 0.0270. The fourth-order valence-corrected chi connectivity index (χ4v) is 2.47. The van der Waals surface area contributed by atoms with E-state index in [0.29, 0.717) is 6.10 Å². The van der Waals surface area contributed by atoms with Crippen molar-refractivity contribution >= 4 is 0 Å². The Kier molecular flexibility index (Phi) is 8.72. The first-order chi connectivity index (χ1) is 8.33. The number of hydrogen-bond donors (Lipinski definition) is 1. The Balaban J connectivity index is 1.91. The van der Waals surface area contributed by atoms with Gasteiger partial charge in [0.15, 0.2) is 0 Å². The summed E-state index contributed by atoms with van der Waals surface area (Å²) in [5, 5.41) is 3.40. The van der Waals surface area contributed by atoms with Gasteiger partial charge < -0.3 is 10.1 Å². The molecule has 0 saturated carbocycles. The smallest absolute Gasteiger partial charge is 0.0547 e. The molecule has 1 atom stereocenters. The van der Waals surface area contributed by atoms with Crippen LogP contribution < -0.4 is 5.32 Å². The summed E-state index contributed by atoms with van der Waals surface area (Å²) in [6.45, 7) is 7.85. The van der Waals surface area contributed by atoms with E-state index in [1.54, 1.807) is 0 Å². The second-order valence-electron chi connectivity index (χ2n) is 5.54. The maximum atomic E-state index is 5.96. The molecule has 1 fully saturated rings. The van der Waals surface area contributed by atoms with E-state index in [2.05, 4.69) is 19.2 Å². The molecule has 2 nitrogen and oxygen atoms in total. The molecule has 0 aromatic rings. The van der Waals surface area contributed by atoms with Crippen LogP contribution in [0.1, 0.15) is 65.2 Å². The van der Waals surface area contributed by atoms with E-state index in [4.69, 9.17) is 4.74 Å². The molecule has 1 saturated heterocycles. The zero-order valence-electron chi connectivity index (χ0n) is 11.8. The van der Waals surface area contributed by atoms with Gasteiger partial charge in [0.2, 0.25) is 0 Å². The predicted molar refractivity (Wildman–Crippen MR) is 74.4 cm³/mol. The Bertz CT molecular complexity index is 166. The number of unbranched alkanes of at least 4 members (excludes halogenated alkanes) is 4. The highest BCUT2D eigenvalue weighted by atomic mass is 16.5. The molecular weight excluding hydrogens is 210 g/mol. The molecule has 1 aliphatic heterocycles. The third-order valence-electron chi connectivity index (χ3n) is 3.79. The third-order valence-corrected chi connectivity index (χ3v) is 3.79. The van der Waals surface area contributed by atoms with Crippen LogP contribution in [-0.4, -0.2) is 25.8 Å². The summed E-state index contributed by atoms with van der Waals surface area (Å²) < 4.78 is 5.96. The Morgan fingerprint density at radius 2 is 1.82 bits per heavy atom. The summed E-state index contributed by atoms with van der Waals surface area (Å²) in [4.78, 5) is 0.